The van der Waals surface area contributed by atoms with E-state index in [2.05, 4.69) is 10.2 Å². The minimum atomic E-state index is -2.64. The zero-order valence-corrected chi connectivity index (χ0v) is 9.82. The number of anilines is 1. The molecule has 5 nitrogen and oxygen atoms in total. The zero-order chi connectivity index (χ0) is 13.4. The second-order valence-corrected chi connectivity index (χ2v) is 4.08. The number of aromatic nitrogens is 2. The van der Waals surface area contributed by atoms with Gasteiger partial charge in [0.05, 0.1) is 6.20 Å². The third kappa shape index (κ3) is 1.96. The van der Waals surface area contributed by atoms with Crippen LogP contribution in [0.25, 0.3) is 11.1 Å². The van der Waals surface area contributed by atoms with Gasteiger partial charge in [0.25, 0.3) is 6.43 Å². The van der Waals surface area contributed by atoms with Crippen LogP contribution >= 0.6 is 0 Å². The van der Waals surface area contributed by atoms with Crippen molar-refractivity contribution < 1.29 is 18.3 Å². The Bertz CT molecular complexity index is 613. The van der Waals surface area contributed by atoms with Crippen molar-refractivity contribution in [3.05, 3.63) is 23.9 Å². The summed E-state index contributed by atoms with van der Waals surface area (Å²) in [6, 6.07) is 2.80. The maximum absolute atomic E-state index is 13.2. The van der Waals surface area contributed by atoms with Gasteiger partial charge in [0.15, 0.2) is 11.5 Å². The van der Waals surface area contributed by atoms with Crippen molar-refractivity contribution in [1.29, 1.82) is 0 Å². The standard InChI is InChI=1S/C12H11F2N3O2/c13-11(14)7-4-10-9(18-1-2-19-10)3-6(7)8-5-16-17-12(8)15/h3-5,11H,1-2H2,(H3,15,16,17). The number of aromatic amines is 1. The van der Waals surface area contributed by atoms with E-state index >= 15 is 0 Å². The SMILES string of the molecule is Nc1[nH]ncc1-c1cc2c(cc1C(F)F)OCCO2. The number of H-pyrrole nitrogens is 1. The van der Waals surface area contributed by atoms with E-state index in [1.165, 1.54) is 18.3 Å². The first-order valence-corrected chi connectivity index (χ1v) is 5.67. The van der Waals surface area contributed by atoms with E-state index in [9.17, 15) is 8.78 Å². The van der Waals surface area contributed by atoms with Gasteiger partial charge in [-0.05, 0) is 17.7 Å². The molecule has 2 heterocycles. The normalized spacial score (nSPS) is 13.8. The Kier molecular flexibility index (Phi) is 2.73. The van der Waals surface area contributed by atoms with Gasteiger partial charge >= 0.3 is 0 Å². The van der Waals surface area contributed by atoms with E-state index < -0.39 is 6.43 Å². The van der Waals surface area contributed by atoms with Crippen LogP contribution in [0.3, 0.4) is 0 Å². The van der Waals surface area contributed by atoms with Crippen LogP contribution in [0.4, 0.5) is 14.6 Å². The van der Waals surface area contributed by atoms with E-state index in [1.54, 1.807) is 0 Å². The molecule has 1 aliphatic rings. The molecular formula is C12H11F2N3O2. The van der Waals surface area contributed by atoms with Crippen LogP contribution in [-0.2, 0) is 0 Å². The summed E-state index contributed by atoms with van der Waals surface area (Å²) < 4.78 is 37.0. The zero-order valence-electron chi connectivity index (χ0n) is 9.82. The summed E-state index contributed by atoms with van der Waals surface area (Å²) in [5.41, 5.74) is 6.25. The predicted octanol–water partition coefficient (Wildman–Crippen LogP) is 2.37. The molecule has 0 spiro atoms. The van der Waals surface area contributed by atoms with Crippen molar-refractivity contribution in [2.75, 3.05) is 18.9 Å². The summed E-state index contributed by atoms with van der Waals surface area (Å²) in [6.45, 7) is 0.740. The average Bonchev–Trinajstić information content (AvgIpc) is 2.83. The molecule has 100 valence electrons. The van der Waals surface area contributed by atoms with Gasteiger partial charge in [0.1, 0.15) is 19.0 Å². The molecule has 0 fully saturated rings. The minimum Gasteiger partial charge on any atom is -0.486 e. The van der Waals surface area contributed by atoms with E-state index in [1.807, 2.05) is 0 Å². The Morgan fingerprint density at radius 2 is 1.84 bits per heavy atom. The molecule has 3 N–H and O–H groups in total. The van der Waals surface area contributed by atoms with Gasteiger partial charge in [-0.3, -0.25) is 5.10 Å². The number of fused-ring (bicyclic) bond motifs is 1. The number of rotatable bonds is 2. The molecule has 19 heavy (non-hydrogen) atoms. The highest BCUT2D eigenvalue weighted by atomic mass is 19.3. The smallest absolute Gasteiger partial charge is 0.264 e. The molecule has 0 atom stereocenters. The Labute approximate surface area is 107 Å². The molecule has 0 saturated carbocycles. The van der Waals surface area contributed by atoms with E-state index in [4.69, 9.17) is 15.2 Å². The van der Waals surface area contributed by atoms with Crippen LogP contribution in [0.2, 0.25) is 0 Å². The molecule has 0 radical (unpaired) electrons. The maximum Gasteiger partial charge on any atom is 0.264 e. The number of nitrogens with two attached hydrogens (primary N) is 1. The van der Waals surface area contributed by atoms with Gasteiger partial charge in [-0.25, -0.2) is 8.78 Å². The highest BCUT2D eigenvalue weighted by molar-refractivity contribution is 5.78. The molecule has 7 heteroatoms. The lowest BCUT2D eigenvalue weighted by molar-refractivity contribution is 0.147. The van der Waals surface area contributed by atoms with Crippen LogP contribution in [0.15, 0.2) is 18.3 Å². The van der Waals surface area contributed by atoms with Crippen molar-refractivity contribution in [3.8, 4) is 22.6 Å². The maximum atomic E-state index is 13.2. The van der Waals surface area contributed by atoms with Crippen LogP contribution in [0, 0.1) is 0 Å². The molecule has 1 aliphatic heterocycles. The van der Waals surface area contributed by atoms with Gasteiger partial charge < -0.3 is 15.2 Å². The number of ether oxygens (including phenoxy) is 2. The van der Waals surface area contributed by atoms with Crippen molar-refractivity contribution >= 4 is 5.82 Å². The summed E-state index contributed by atoms with van der Waals surface area (Å²) in [5, 5.41) is 6.27. The van der Waals surface area contributed by atoms with Crippen LogP contribution in [-0.4, -0.2) is 23.4 Å². The number of hydrogen-bond donors (Lipinski definition) is 2. The monoisotopic (exact) mass is 267 g/mol. The number of nitrogens with zero attached hydrogens (tertiary/aromatic N) is 1. The first kappa shape index (κ1) is 11.8. The van der Waals surface area contributed by atoms with Crippen molar-refractivity contribution in [2.45, 2.75) is 6.43 Å². The van der Waals surface area contributed by atoms with Crippen molar-refractivity contribution in [1.82, 2.24) is 10.2 Å². The number of nitrogen functional groups attached to an aromatic ring is 1. The molecule has 0 amide bonds. The molecule has 1 aromatic heterocycles. The Balaban J connectivity index is 2.19. The first-order valence-electron chi connectivity index (χ1n) is 5.67. The number of hydrogen-bond acceptors (Lipinski definition) is 4. The summed E-state index contributed by atoms with van der Waals surface area (Å²) in [4.78, 5) is 0. The van der Waals surface area contributed by atoms with Gasteiger partial charge in [0.2, 0.25) is 0 Å². The molecule has 0 saturated heterocycles. The molecule has 2 aromatic rings. The molecule has 0 unspecified atom stereocenters. The topological polar surface area (TPSA) is 73.2 Å². The second kappa shape index (κ2) is 4.42. The Morgan fingerprint density at radius 3 is 2.42 bits per heavy atom. The summed E-state index contributed by atoms with van der Waals surface area (Å²) >= 11 is 0. The quantitative estimate of drug-likeness (QED) is 0.876. The van der Waals surface area contributed by atoms with E-state index in [0.29, 0.717) is 35.8 Å². The number of benzene rings is 1. The lowest BCUT2D eigenvalue weighted by Crippen LogP contribution is -2.15. The van der Waals surface area contributed by atoms with Gasteiger partial charge in [-0.15, -0.1) is 0 Å². The largest absolute Gasteiger partial charge is 0.486 e. The van der Waals surface area contributed by atoms with Crippen LogP contribution < -0.4 is 15.2 Å². The fourth-order valence-corrected chi connectivity index (χ4v) is 2.03. The summed E-state index contributed by atoms with van der Waals surface area (Å²) in [7, 11) is 0. The fourth-order valence-electron chi connectivity index (χ4n) is 2.03. The first-order chi connectivity index (χ1) is 9.16. The van der Waals surface area contributed by atoms with Crippen LogP contribution in [0.5, 0.6) is 11.5 Å². The number of halogens is 2. The lowest BCUT2D eigenvalue weighted by Gasteiger charge is -2.21. The minimum absolute atomic E-state index is 0.155. The summed E-state index contributed by atoms with van der Waals surface area (Å²) in [6.07, 6.45) is -1.23. The van der Waals surface area contributed by atoms with Crippen molar-refractivity contribution in [3.63, 3.8) is 0 Å². The third-order valence-electron chi connectivity index (χ3n) is 2.91. The molecule has 0 bridgehead atoms. The number of nitrogens with one attached hydrogen (secondary N) is 1. The predicted molar refractivity (Wildman–Crippen MR) is 64.4 cm³/mol. The fraction of sp³-hybridized carbons (Fsp3) is 0.250. The van der Waals surface area contributed by atoms with Gasteiger partial charge in [-0.2, -0.15) is 5.10 Å². The highest BCUT2D eigenvalue weighted by Gasteiger charge is 2.23. The third-order valence-corrected chi connectivity index (χ3v) is 2.91. The van der Waals surface area contributed by atoms with Gasteiger partial charge in [-0.1, -0.05) is 0 Å². The molecule has 1 aromatic carbocycles. The molecule has 0 aliphatic carbocycles. The second-order valence-electron chi connectivity index (χ2n) is 4.08. The average molecular weight is 267 g/mol. The van der Waals surface area contributed by atoms with Crippen LogP contribution in [0.1, 0.15) is 12.0 Å². The Hall–Kier alpha value is -2.31. The van der Waals surface area contributed by atoms with Crippen molar-refractivity contribution in [2.24, 2.45) is 0 Å². The Morgan fingerprint density at radius 1 is 1.16 bits per heavy atom. The lowest BCUT2D eigenvalue weighted by atomic mass is 10.0. The molecule has 3 rings (SSSR count). The number of alkyl halides is 2. The summed E-state index contributed by atoms with van der Waals surface area (Å²) in [5.74, 6) is 0.997. The van der Waals surface area contributed by atoms with E-state index in [-0.39, 0.29) is 11.4 Å². The van der Waals surface area contributed by atoms with Gasteiger partial charge in [0, 0.05) is 11.1 Å². The van der Waals surface area contributed by atoms with E-state index in [0.717, 1.165) is 0 Å². The highest BCUT2D eigenvalue weighted by Crippen LogP contribution is 2.42. The molecular weight excluding hydrogens is 256 g/mol.